The van der Waals surface area contributed by atoms with Crippen molar-refractivity contribution >= 4 is 23.4 Å². The molecular weight excluding hydrogens is 322 g/mol. The second kappa shape index (κ2) is 6.81. The standard InChI is InChI=1S/C18H21N3O2S/c1-4-15-12(3)19-18-21(17(15)23)14(10-24-18)9-16(22)20-13-7-5-11(2)6-8-13/h5-8,14H,4,9-10H2,1-3H3,(H,20,22). The molecule has 1 atom stereocenters. The van der Waals surface area contributed by atoms with Gasteiger partial charge in [-0.05, 0) is 32.4 Å². The summed E-state index contributed by atoms with van der Waals surface area (Å²) in [4.78, 5) is 29.5. The van der Waals surface area contributed by atoms with Crippen molar-refractivity contribution in [3.8, 4) is 0 Å². The minimum atomic E-state index is -0.138. The summed E-state index contributed by atoms with van der Waals surface area (Å²) in [5, 5.41) is 3.63. The molecule has 0 fully saturated rings. The summed E-state index contributed by atoms with van der Waals surface area (Å²) >= 11 is 1.55. The fraction of sp³-hybridized carbons (Fsp3) is 0.389. The fourth-order valence-electron chi connectivity index (χ4n) is 2.94. The van der Waals surface area contributed by atoms with E-state index in [9.17, 15) is 9.59 Å². The third-order valence-corrected chi connectivity index (χ3v) is 5.36. The Bertz CT molecular complexity index is 827. The van der Waals surface area contributed by atoms with E-state index in [1.807, 2.05) is 45.0 Å². The van der Waals surface area contributed by atoms with Crippen molar-refractivity contribution < 1.29 is 4.79 Å². The number of rotatable bonds is 4. The van der Waals surface area contributed by atoms with Crippen LogP contribution in [0.1, 0.15) is 36.2 Å². The van der Waals surface area contributed by atoms with Crippen molar-refractivity contribution in [1.82, 2.24) is 9.55 Å². The van der Waals surface area contributed by atoms with Crippen LogP contribution in [0.5, 0.6) is 0 Å². The van der Waals surface area contributed by atoms with Crippen LogP contribution in [0.2, 0.25) is 0 Å². The van der Waals surface area contributed by atoms with Crippen LogP contribution in [-0.2, 0) is 11.2 Å². The van der Waals surface area contributed by atoms with Crippen LogP contribution in [0.3, 0.4) is 0 Å². The first kappa shape index (κ1) is 16.8. The van der Waals surface area contributed by atoms with Gasteiger partial charge in [0.15, 0.2) is 5.16 Å². The molecule has 0 radical (unpaired) electrons. The van der Waals surface area contributed by atoms with E-state index in [-0.39, 0.29) is 23.9 Å². The zero-order valence-electron chi connectivity index (χ0n) is 14.1. The molecular formula is C18H21N3O2S. The van der Waals surface area contributed by atoms with Gasteiger partial charge in [0.05, 0.1) is 6.04 Å². The molecule has 5 nitrogen and oxygen atoms in total. The molecule has 1 unspecified atom stereocenters. The van der Waals surface area contributed by atoms with Crippen LogP contribution in [0.4, 0.5) is 5.69 Å². The number of aryl methyl sites for hydroxylation is 2. The van der Waals surface area contributed by atoms with Gasteiger partial charge < -0.3 is 5.32 Å². The highest BCUT2D eigenvalue weighted by molar-refractivity contribution is 7.99. The highest BCUT2D eigenvalue weighted by Crippen LogP contribution is 2.32. The van der Waals surface area contributed by atoms with Crippen molar-refractivity contribution in [3.63, 3.8) is 0 Å². The number of hydrogen-bond donors (Lipinski definition) is 1. The normalized spacial score (nSPS) is 16.0. The molecule has 0 aliphatic carbocycles. The van der Waals surface area contributed by atoms with E-state index < -0.39 is 0 Å². The van der Waals surface area contributed by atoms with E-state index in [0.717, 1.165) is 27.7 Å². The summed E-state index contributed by atoms with van der Waals surface area (Å²) in [7, 11) is 0. The Labute approximate surface area is 145 Å². The number of aromatic nitrogens is 2. The largest absolute Gasteiger partial charge is 0.326 e. The smallest absolute Gasteiger partial charge is 0.257 e. The molecule has 0 spiro atoms. The first-order chi connectivity index (χ1) is 11.5. The number of nitrogens with one attached hydrogen (secondary N) is 1. The Balaban J connectivity index is 1.78. The van der Waals surface area contributed by atoms with Gasteiger partial charge in [0, 0.05) is 29.1 Å². The first-order valence-electron chi connectivity index (χ1n) is 8.11. The van der Waals surface area contributed by atoms with Crippen molar-refractivity contribution in [2.45, 2.75) is 44.8 Å². The maximum absolute atomic E-state index is 12.7. The second-order valence-corrected chi connectivity index (χ2v) is 7.06. The number of fused-ring (bicyclic) bond motifs is 1. The summed E-state index contributed by atoms with van der Waals surface area (Å²) in [6.45, 7) is 5.84. The van der Waals surface area contributed by atoms with E-state index in [1.54, 1.807) is 16.3 Å². The molecule has 1 aromatic heterocycles. The Hall–Kier alpha value is -2.08. The van der Waals surface area contributed by atoms with Crippen molar-refractivity contribution in [1.29, 1.82) is 0 Å². The van der Waals surface area contributed by atoms with Crippen LogP contribution in [0.15, 0.2) is 34.2 Å². The molecule has 1 aromatic carbocycles. The lowest BCUT2D eigenvalue weighted by Gasteiger charge is -2.15. The number of benzene rings is 1. The van der Waals surface area contributed by atoms with Gasteiger partial charge >= 0.3 is 0 Å². The van der Waals surface area contributed by atoms with Gasteiger partial charge in [-0.15, -0.1) is 0 Å². The number of anilines is 1. The zero-order chi connectivity index (χ0) is 17.3. The predicted octanol–water partition coefficient (Wildman–Crippen LogP) is 3.10. The summed E-state index contributed by atoms with van der Waals surface area (Å²) < 4.78 is 1.70. The average Bonchev–Trinajstić information content (AvgIpc) is 2.92. The molecule has 1 aliphatic heterocycles. The summed E-state index contributed by atoms with van der Waals surface area (Å²) in [6.07, 6.45) is 0.937. The highest BCUT2D eigenvalue weighted by atomic mass is 32.2. The maximum Gasteiger partial charge on any atom is 0.257 e. The second-order valence-electron chi connectivity index (χ2n) is 6.07. The highest BCUT2D eigenvalue weighted by Gasteiger charge is 2.28. The molecule has 0 saturated carbocycles. The number of hydrogen-bond acceptors (Lipinski definition) is 4. The number of carbonyl (C=O) groups excluding carboxylic acids is 1. The van der Waals surface area contributed by atoms with Crippen molar-refractivity contribution in [3.05, 3.63) is 51.4 Å². The summed E-state index contributed by atoms with van der Waals surface area (Å²) in [5.41, 5.74) is 3.46. The van der Waals surface area contributed by atoms with E-state index in [2.05, 4.69) is 10.3 Å². The minimum Gasteiger partial charge on any atom is -0.326 e. The van der Waals surface area contributed by atoms with E-state index in [1.165, 1.54) is 0 Å². The Morgan fingerprint density at radius 2 is 2.04 bits per heavy atom. The number of thioether (sulfide) groups is 1. The summed E-state index contributed by atoms with van der Waals surface area (Å²) in [5.74, 6) is 0.624. The van der Waals surface area contributed by atoms with Gasteiger partial charge in [-0.3, -0.25) is 14.2 Å². The predicted molar refractivity (Wildman–Crippen MR) is 96.8 cm³/mol. The first-order valence-corrected chi connectivity index (χ1v) is 9.09. The molecule has 1 N–H and O–H groups in total. The lowest BCUT2D eigenvalue weighted by atomic mass is 10.1. The zero-order valence-corrected chi connectivity index (χ0v) is 14.9. The molecule has 126 valence electrons. The SMILES string of the molecule is CCc1c(C)nc2n(c1=O)C(CC(=O)Nc1ccc(C)cc1)CS2. The van der Waals surface area contributed by atoms with Gasteiger partial charge in [-0.2, -0.15) is 0 Å². The van der Waals surface area contributed by atoms with Crippen LogP contribution in [0, 0.1) is 13.8 Å². The molecule has 2 heterocycles. The Morgan fingerprint density at radius 1 is 1.33 bits per heavy atom. The quantitative estimate of drug-likeness (QED) is 0.867. The molecule has 0 bridgehead atoms. The Morgan fingerprint density at radius 3 is 2.71 bits per heavy atom. The molecule has 2 aromatic rings. The van der Waals surface area contributed by atoms with Gasteiger partial charge in [0.1, 0.15) is 0 Å². The van der Waals surface area contributed by atoms with Gasteiger partial charge in [-0.25, -0.2) is 4.98 Å². The number of amides is 1. The fourth-order valence-corrected chi connectivity index (χ4v) is 4.12. The third kappa shape index (κ3) is 3.24. The molecule has 24 heavy (non-hydrogen) atoms. The van der Waals surface area contributed by atoms with Gasteiger partial charge in [0.25, 0.3) is 5.56 Å². The molecule has 1 amide bonds. The third-order valence-electron chi connectivity index (χ3n) is 4.26. The van der Waals surface area contributed by atoms with Gasteiger partial charge in [0.2, 0.25) is 5.91 Å². The molecule has 3 rings (SSSR count). The summed E-state index contributed by atoms with van der Waals surface area (Å²) in [6, 6.07) is 7.55. The van der Waals surface area contributed by atoms with Crippen molar-refractivity contribution in [2.24, 2.45) is 0 Å². The van der Waals surface area contributed by atoms with E-state index in [0.29, 0.717) is 12.2 Å². The van der Waals surface area contributed by atoms with Crippen molar-refractivity contribution in [2.75, 3.05) is 11.1 Å². The lowest BCUT2D eigenvalue weighted by molar-refractivity contribution is -0.116. The lowest BCUT2D eigenvalue weighted by Crippen LogP contribution is -2.30. The number of carbonyl (C=O) groups is 1. The maximum atomic E-state index is 12.7. The Kier molecular flexibility index (Phi) is 4.76. The molecule has 6 heteroatoms. The van der Waals surface area contributed by atoms with Crippen LogP contribution >= 0.6 is 11.8 Å². The van der Waals surface area contributed by atoms with Gasteiger partial charge in [-0.1, -0.05) is 36.4 Å². The van der Waals surface area contributed by atoms with Crippen LogP contribution < -0.4 is 10.9 Å². The molecule has 0 saturated heterocycles. The monoisotopic (exact) mass is 343 g/mol. The van der Waals surface area contributed by atoms with Crippen LogP contribution in [-0.4, -0.2) is 21.2 Å². The van der Waals surface area contributed by atoms with E-state index in [4.69, 9.17) is 0 Å². The van der Waals surface area contributed by atoms with E-state index >= 15 is 0 Å². The molecule has 1 aliphatic rings. The van der Waals surface area contributed by atoms with Crippen LogP contribution in [0.25, 0.3) is 0 Å². The number of nitrogens with zero attached hydrogens (tertiary/aromatic N) is 2. The average molecular weight is 343 g/mol. The topological polar surface area (TPSA) is 64.0 Å². The minimum absolute atomic E-state index is 0.00173.